The van der Waals surface area contributed by atoms with E-state index in [0.29, 0.717) is 12.5 Å². The van der Waals surface area contributed by atoms with Gasteiger partial charge in [0.05, 0.1) is 6.54 Å². The molecule has 0 saturated carbocycles. The number of carbonyl (C=O) groups is 2. The van der Waals surface area contributed by atoms with Crippen LogP contribution >= 0.6 is 0 Å². The summed E-state index contributed by atoms with van der Waals surface area (Å²) in [5.74, 6) is -0.771. The lowest BCUT2D eigenvalue weighted by Crippen LogP contribution is -2.41. The molecule has 0 atom stereocenters. The Morgan fingerprint density at radius 2 is 1.91 bits per heavy atom. The summed E-state index contributed by atoms with van der Waals surface area (Å²) >= 11 is 0. The normalized spacial score (nSPS) is 15.5. The SMILES string of the molecule is O=C(O)CNC(=O)CN(Cc1ccccc1)CC1CCOCC1. The second kappa shape index (κ2) is 9.27. The predicted molar refractivity (Wildman–Crippen MR) is 85.9 cm³/mol. The van der Waals surface area contributed by atoms with Crippen molar-refractivity contribution in [3.8, 4) is 0 Å². The Kier molecular flexibility index (Phi) is 7.03. The Bertz CT molecular complexity index is 501. The van der Waals surface area contributed by atoms with Crippen LogP contribution in [0.3, 0.4) is 0 Å². The fourth-order valence-corrected chi connectivity index (χ4v) is 2.75. The molecule has 0 spiro atoms. The van der Waals surface area contributed by atoms with Gasteiger partial charge in [0.2, 0.25) is 5.91 Å². The van der Waals surface area contributed by atoms with Gasteiger partial charge in [0.25, 0.3) is 0 Å². The van der Waals surface area contributed by atoms with Crippen LogP contribution in [0.25, 0.3) is 0 Å². The number of benzene rings is 1. The third kappa shape index (κ3) is 6.80. The Hall–Kier alpha value is -1.92. The van der Waals surface area contributed by atoms with Crippen LogP contribution in [0, 0.1) is 5.92 Å². The first-order chi connectivity index (χ1) is 11.1. The van der Waals surface area contributed by atoms with Crippen molar-refractivity contribution in [2.75, 3.05) is 32.8 Å². The minimum atomic E-state index is -1.03. The molecule has 1 aliphatic rings. The minimum absolute atomic E-state index is 0.208. The van der Waals surface area contributed by atoms with Gasteiger partial charge >= 0.3 is 5.97 Å². The van der Waals surface area contributed by atoms with E-state index in [1.54, 1.807) is 0 Å². The highest BCUT2D eigenvalue weighted by Gasteiger charge is 2.19. The summed E-state index contributed by atoms with van der Waals surface area (Å²) < 4.78 is 5.38. The molecule has 1 heterocycles. The van der Waals surface area contributed by atoms with Gasteiger partial charge in [-0.25, -0.2) is 0 Å². The number of rotatable bonds is 8. The van der Waals surface area contributed by atoms with E-state index in [-0.39, 0.29) is 19.0 Å². The van der Waals surface area contributed by atoms with Crippen LogP contribution in [0.2, 0.25) is 0 Å². The average molecular weight is 320 g/mol. The molecule has 23 heavy (non-hydrogen) atoms. The predicted octanol–water partition coefficient (Wildman–Crippen LogP) is 1.12. The highest BCUT2D eigenvalue weighted by atomic mass is 16.5. The largest absolute Gasteiger partial charge is 0.480 e. The Morgan fingerprint density at radius 3 is 2.57 bits per heavy atom. The number of nitrogens with zero attached hydrogens (tertiary/aromatic N) is 1. The number of carboxylic acids is 1. The van der Waals surface area contributed by atoms with Crippen molar-refractivity contribution in [3.05, 3.63) is 35.9 Å². The Balaban J connectivity index is 1.92. The number of carboxylic acid groups (broad SMARTS) is 1. The van der Waals surface area contributed by atoms with E-state index in [9.17, 15) is 9.59 Å². The molecule has 6 heteroatoms. The van der Waals surface area contributed by atoms with Crippen molar-refractivity contribution in [2.45, 2.75) is 19.4 Å². The molecule has 1 amide bonds. The Labute approximate surface area is 136 Å². The van der Waals surface area contributed by atoms with Gasteiger partial charge in [0, 0.05) is 26.3 Å². The van der Waals surface area contributed by atoms with Crippen LogP contribution in [0.1, 0.15) is 18.4 Å². The zero-order valence-corrected chi connectivity index (χ0v) is 13.2. The van der Waals surface area contributed by atoms with Crippen molar-refractivity contribution in [1.29, 1.82) is 0 Å². The number of hydrogen-bond acceptors (Lipinski definition) is 4. The van der Waals surface area contributed by atoms with E-state index in [0.717, 1.165) is 38.2 Å². The summed E-state index contributed by atoms with van der Waals surface area (Å²) in [5, 5.41) is 11.1. The van der Waals surface area contributed by atoms with E-state index < -0.39 is 5.97 Å². The molecule has 2 N–H and O–H groups in total. The molecule has 0 aliphatic carbocycles. The first-order valence-corrected chi connectivity index (χ1v) is 7.96. The molecule has 1 aliphatic heterocycles. The molecule has 0 bridgehead atoms. The fourth-order valence-electron chi connectivity index (χ4n) is 2.75. The van der Waals surface area contributed by atoms with Gasteiger partial charge in [-0.15, -0.1) is 0 Å². The number of nitrogens with one attached hydrogen (secondary N) is 1. The maximum atomic E-state index is 11.9. The van der Waals surface area contributed by atoms with Crippen molar-refractivity contribution in [3.63, 3.8) is 0 Å². The van der Waals surface area contributed by atoms with Crippen molar-refractivity contribution in [2.24, 2.45) is 5.92 Å². The first-order valence-electron chi connectivity index (χ1n) is 7.96. The highest BCUT2D eigenvalue weighted by molar-refractivity contribution is 5.82. The van der Waals surface area contributed by atoms with Crippen LogP contribution in [-0.4, -0.2) is 54.7 Å². The van der Waals surface area contributed by atoms with Crippen LogP contribution in [0.15, 0.2) is 30.3 Å². The summed E-state index contributed by atoms with van der Waals surface area (Å²) in [6.45, 7) is 2.91. The van der Waals surface area contributed by atoms with Gasteiger partial charge in [0.1, 0.15) is 6.54 Å². The number of aliphatic carboxylic acids is 1. The number of amides is 1. The minimum Gasteiger partial charge on any atom is -0.480 e. The quantitative estimate of drug-likeness (QED) is 0.750. The van der Waals surface area contributed by atoms with E-state index in [2.05, 4.69) is 10.2 Å². The van der Waals surface area contributed by atoms with E-state index >= 15 is 0 Å². The maximum Gasteiger partial charge on any atom is 0.322 e. The highest BCUT2D eigenvalue weighted by Crippen LogP contribution is 2.17. The van der Waals surface area contributed by atoms with Gasteiger partial charge in [-0.1, -0.05) is 30.3 Å². The van der Waals surface area contributed by atoms with Gasteiger partial charge in [-0.2, -0.15) is 0 Å². The van der Waals surface area contributed by atoms with Gasteiger partial charge in [-0.3, -0.25) is 14.5 Å². The second-order valence-electron chi connectivity index (χ2n) is 5.88. The molecule has 1 aromatic rings. The molecule has 1 saturated heterocycles. The molecule has 1 fully saturated rings. The molecule has 0 aromatic heterocycles. The third-order valence-corrected chi connectivity index (χ3v) is 3.91. The number of carbonyl (C=O) groups excluding carboxylic acids is 1. The average Bonchev–Trinajstić information content (AvgIpc) is 2.55. The van der Waals surface area contributed by atoms with Gasteiger partial charge in [-0.05, 0) is 24.3 Å². The molecular formula is C17H24N2O4. The molecule has 126 valence electrons. The summed E-state index contributed by atoms with van der Waals surface area (Å²) in [6, 6.07) is 9.99. The van der Waals surface area contributed by atoms with Crippen LogP contribution in [-0.2, 0) is 20.9 Å². The molecule has 2 rings (SSSR count). The third-order valence-electron chi connectivity index (χ3n) is 3.91. The summed E-state index contributed by atoms with van der Waals surface area (Å²) in [6.07, 6.45) is 2.00. The summed E-state index contributed by atoms with van der Waals surface area (Å²) in [4.78, 5) is 24.6. The Morgan fingerprint density at radius 1 is 1.22 bits per heavy atom. The summed E-state index contributed by atoms with van der Waals surface area (Å²) in [7, 11) is 0. The topological polar surface area (TPSA) is 78.9 Å². The van der Waals surface area contributed by atoms with E-state index in [1.807, 2.05) is 30.3 Å². The monoisotopic (exact) mass is 320 g/mol. The van der Waals surface area contributed by atoms with E-state index in [4.69, 9.17) is 9.84 Å². The maximum absolute atomic E-state index is 11.9. The van der Waals surface area contributed by atoms with Crippen molar-refractivity contribution in [1.82, 2.24) is 10.2 Å². The van der Waals surface area contributed by atoms with Gasteiger partial charge in [0.15, 0.2) is 0 Å². The van der Waals surface area contributed by atoms with Crippen LogP contribution in [0.5, 0.6) is 0 Å². The first kappa shape index (κ1) is 17.4. The molecule has 0 radical (unpaired) electrons. The summed E-state index contributed by atoms with van der Waals surface area (Å²) in [5.41, 5.74) is 1.14. The standard InChI is InChI=1S/C17H24N2O4/c20-16(18-10-17(21)22)13-19(11-14-4-2-1-3-5-14)12-15-6-8-23-9-7-15/h1-5,15H,6-13H2,(H,18,20)(H,21,22). The molecule has 6 nitrogen and oxygen atoms in total. The zero-order valence-electron chi connectivity index (χ0n) is 13.2. The number of hydrogen-bond donors (Lipinski definition) is 2. The van der Waals surface area contributed by atoms with Gasteiger partial charge < -0.3 is 15.2 Å². The lowest BCUT2D eigenvalue weighted by atomic mass is 9.99. The lowest BCUT2D eigenvalue weighted by molar-refractivity contribution is -0.138. The number of ether oxygens (including phenoxy) is 1. The molecule has 1 aromatic carbocycles. The van der Waals surface area contributed by atoms with E-state index in [1.165, 1.54) is 0 Å². The smallest absolute Gasteiger partial charge is 0.322 e. The second-order valence-corrected chi connectivity index (χ2v) is 5.88. The zero-order chi connectivity index (χ0) is 16.5. The lowest BCUT2D eigenvalue weighted by Gasteiger charge is -2.29. The van der Waals surface area contributed by atoms with Crippen molar-refractivity contribution < 1.29 is 19.4 Å². The molecular weight excluding hydrogens is 296 g/mol. The van der Waals surface area contributed by atoms with Crippen LogP contribution in [0.4, 0.5) is 0 Å². The fraction of sp³-hybridized carbons (Fsp3) is 0.529. The van der Waals surface area contributed by atoms with Crippen molar-refractivity contribution >= 4 is 11.9 Å². The van der Waals surface area contributed by atoms with Crippen LogP contribution < -0.4 is 5.32 Å². The molecule has 0 unspecified atom stereocenters.